The summed E-state index contributed by atoms with van der Waals surface area (Å²) < 4.78 is 12.0. The van der Waals surface area contributed by atoms with Gasteiger partial charge in [-0.25, -0.2) is 0 Å². The van der Waals surface area contributed by atoms with Crippen LogP contribution in [0.2, 0.25) is 0 Å². The van der Waals surface area contributed by atoms with Gasteiger partial charge < -0.3 is 15.0 Å². The van der Waals surface area contributed by atoms with E-state index >= 15 is 0 Å². The molecule has 0 spiro atoms. The van der Waals surface area contributed by atoms with E-state index in [-0.39, 0.29) is 12.6 Å². The molecule has 1 fully saturated rings. The van der Waals surface area contributed by atoms with Gasteiger partial charge in [-0.15, -0.1) is 0 Å². The Hall–Kier alpha value is -1.40. The molecule has 2 aromatic rings. The number of aromatic nitrogens is 2. The molecule has 21 heavy (non-hydrogen) atoms. The third kappa shape index (κ3) is 3.83. The van der Waals surface area contributed by atoms with Crippen LogP contribution in [-0.2, 0) is 13.0 Å². The SMILES string of the molecule is CC(N)Cc1cc(Br)ccc1OCc1nc(C2CC2)no1. The highest BCUT2D eigenvalue weighted by atomic mass is 79.9. The molecule has 0 aliphatic heterocycles. The number of benzene rings is 1. The standard InChI is InChI=1S/C15H18BrN3O2/c1-9(17)6-11-7-12(16)4-5-13(11)20-8-14-18-15(19-21-14)10-2-3-10/h4-5,7,9-10H,2-3,6,8,17H2,1H3. The number of ether oxygens (including phenoxy) is 1. The Morgan fingerprint density at radius 2 is 2.29 bits per heavy atom. The molecule has 1 unspecified atom stereocenters. The molecule has 112 valence electrons. The van der Waals surface area contributed by atoms with E-state index in [0.29, 0.717) is 11.8 Å². The van der Waals surface area contributed by atoms with Crippen molar-refractivity contribution in [1.29, 1.82) is 0 Å². The lowest BCUT2D eigenvalue weighted by Gasteiger charge is -2.12. The van der Waals surface area contributed by atoms with Crippen LogP contribution in [0.5, 0.6) is 5.75 Å². The topological polar surface area (TPSA) is 74.2 Å². The molecular weight excluding hydrogens is 334 g/mol. The van der Waals surface area contributed by atoms with Crippen LogP contribution in [0.4, 0.5) is 0 Å². The van der Waals surface area contributed by atoms with Gasteiger partial charge in [0.2, 0.25) is 0 Å². The zero-order valence-corrected chi connectivity index (χ0v) is 13.5. The van der Waals surface area contributed by atoms with Gasteiger partial charge in [0.15, 0.2) is 12.4 Å². The van der Waals surface area contributed by atoms with Gasteiger partial charge in [-0.2, -0.15) is 4.98 Å². The molecule has 1 atom stereocenters. The maximum atomic E-state index is 5.88. The summed E-state index contributed by atoms with van der Waals surface area (Å²) >= 11 is 3.47. The smallest absolute Gasteiger partial charge is 0.264 e. The van der Waals surface area contributed by atoms with E-state index in [4.69, 9.17) is 15.0 Å². The number of rotatable bonds is 6. The number of halogens is 1. The number of hydrogen-bond acceptors (Lipinski definition) is 5. The lowest BCUT2D eigenvalue weighted by atomic mass is 10.1. The first-order chi connectivity index (χ1) is 10.1. The Morgan fingerprint density at radius 3 is 3.00 bits per heavy atom. The number of hydrogen-bond donors (Lipinski definition) is 1. The third-order valence-electron chi connectivity index (χ3n) is 3.34. The van der Waals surface area contributed by atoms with Crippen molar-refractivity contribution in [3.05, 3.63) is 40.0 Å². The molecule has 0 bridgehead atoms. The first-order valence-electron chi connectivity index (χ1n) is 7.11. The first-order valence-corrected chi connectivity index (χ1v) is 7.90. The quantitative estimate of drug-likeness (QED) is 0.864. The summed E-state index contributed by atoms with van der Waals surface area (Å²) in [5, 5.41) is 3.98. The number of nitrogens with two attached hydrogens (primary N) is 1. The second kappa shape index (κ2) is 6.15. The van der Waals surface area contributed by atoms with E-state index in [0.717, 1.165) is 40.9 Å². The van der Waals surface area contributed by atoms with Crippen molar-refractivity contribution in [3.63, 3.8) is 0 Å². The van der Waals surface area contributed by atoms with Crippen LogP contribution in [-0.4, -0.2) is 16.2 Å². The van der Waals surface area contributed by atoms with E-state index in [1.807, 2.05) is 25.1 Å². The maximum Gasteiger partial charge on any atom is 0.264 e. The van der Waals surface area contributed by atoms with Crippen molar-refractivity contribution in [3.8, 4) is 5.75 Å². The van der Waals surface area contributed by atoms with Gasteiger partial charge in [-0.1, -0.05) is 21.1 Å². The van der Waals surface area contributed by atoms with E-state index in [1.54, 1.807) is 0 Å². The summed E-state index contributed by atoms with van der Waals surface area (Å²) in [6, 6.07) is 5.98. The van der Waals surface area contributed by atoms with Gasteiger partial charge >= 0.3 is 0 Å². The van der Waals surface area contributed by atoms with E-state index < -0.39 is 0 Å². The predicted octanol–water partition coefficient (Wildman–Crippen LogP) is 3.18. The minimum absolute atomic E-state index is 0.0755. The second-order valence-corrected chi connectivity index (χ2v) is 6.46. The Labute approximate surface area is 132 Å². The summed E-state index contributed by atoms with van der Waals surface area (Å²) in [7, 11) is 0. The van der Waals surface area contributed by atoms with Crippen molar-refractivity contribution in [2.24, 2.45) is 5.73 Å². The predicted molar refractivity (Wildman–Crippen MR) is 82.1 cm³/mol. The largest absolute Gasteiger partial charge is 0.483 e. The van der Waals surface area contributed by atoms with E-state index in [1.165, 1.54) is 0 Å². The molecule has 2 N–H and O–H groups in total. The van der Waals surface area contributed by atoms with Gasteiger partial charge in [0, 0.05) is 16.4 Å². The molecule has 1 aliphatic carbocycles. The molecule has 3 rings (SSSR count). The number of nitrogens with zero attached hydrogens (tertiary/aromatic N) is 2. The fourth-order valence-electron chi connectivity index (χ4n) is 2.17. The molecule has 0 saturated heterocycles. The fourth-order valence-corrected chi connectivity index (χ4v) is 2.58. The van der Waals surface area contributed by atoms with Crippen molar-refractivity contribution < 1.29 is 9.26 Å². The van der Waals surface area contributed by atoms with Gasteiger partial charge in [-0.3, -0.25) is 0 Å². The Balaban J connectivity index is 1.68. The third-order valence-corrected chi connectivity index (χ3v) is 3.84. The summed E-state index contributed by atoms with van der Waals surface area (Å²) in [5.74, 6) is 2.62. The first kappa shape index (κ1) is 14.5. The van der Waals surface area contributed by atoms with Crippen LogP contribution in [0.25, 0.3) is 0 Å². The highest BCUT2D eigenvalue weighted by molar-refractivity contribution is 9.10. The molecule has 0 amide bonds. The molecule has 1 aromatic carbocycles. The zero-order chi connectivity index (χ0) is 14.8. The molecule has 1 aliphatic rings. The van der Waals surface area contributed by atoms with Crippen molar-refractivity contribution in [2.75, 3.05) is 0 Å². The molecule has 5 nitrogen and oxygen atoms in total. The van der Waals surface area contributed by atoms with Crippen LogP contribution in [0.15, 0.2) is 27.2 Å². The lowest BCUT2D eigenvalue weighted by Crippen LogP contribution is -2.18. The average molecular weight is 352 g/mol. The Bertz CT molecular complexity index is 623. The van der Waals surface area contributed by atoms with Gasteiger partial charge in [0.1, 0.15) is 5.75 Å². The molecule has 1 saturated carbocycles. The second-order valence-electron chi connectivity index (χ2n) is 5.54. The van der Waals surface area contributed by atoms with Gasteiger partial charge in [0.05, 0.1) is 0 Å². The molecule has 6 heteroatoms. The van der Waals surface area contributed by atoms with Crippen molar-refractivity contribution in [2.45, 2.75) is 44.8 Å². The average Bonchev–Trinajstić information content (AvgIpc) is 3.17. The summed E-state index contributed by atoms with van der Waals surface area (Å²) in [5.41, 5.74) is 6.95. The Kier molecular flexibility index (Phi) is 4.26. The van der Waals surface area contributed by atoms with Crippen molar-refractivity contribution in [1.82, 2.24) is 10.1 Å². The lowest BCUT2D eigenvalue weighted by molar-refractivity contribution is 0.240. The minimum Gasteiger partial charge on any atom is -0.483 e. The normalized spacial score (nSPS) is 16.0. The van der Waals surface area contributed by atoms with Crippen LogP contribution >= 0.6 is 15.9 Å². The van der Waals surface area contributed by atoms with Crippen LogP contribution in [0.1, 0.15) is 43.0 Å². The van der Waals surface area contributed by atoms with E-state index in [2.05, 4.69) is 26.1 Å². The monoisotopic (exact) mass is 351 g/mol. The van der Waals surface area contributed by atoms with Gasteiger partial charge in [0.25, 0.3) is 5.89 Å². The summed E-state index contributed by atoms with van der Waals surface area (Å²) in [4.78, 5) is 4.36. The van der Waals surface area contributed by atoms with Crippen LogP contribution in [0, 0.1) is 0 Å². The molecule has 1 aromatic heterocycles. The Morgan fingerprint density at radius 1 is 1.48 bits per heavy atom. The molecule has 1 heterocycles. The maximum absolute atomic E-state index is 5.88. The van der Waals surface area contributed by atoms with Gasteiger partial charge in [-0.05, 0) is 49.9 Å². The molecule has 0 radical (unpaired) electrons. The fraction of sp³-hybridized carbons (Fsp3) is 0.467. The van der Waals surface area contributed by atoms with Crippen molar-refractivity contribution >= 4 is 15.9 Å². The highest BCUT2D eigenvalue weighted by Crippen LogP contribution is 2.38. The highest BCUT2D eigenvalue weighted by Gasteiger charge is 2.28. The van der Waals surface area contributed by atoms with Crippen LogP contribution in [0.3, 0.4) is 0 Å². The minimum atomic E-state index is 0.0755. The zero-order valence-electron chi connectivity index (χ0n) is 11.9. The summed E-state index contributed by atoms with van der Waals surface area (Å²) in [6.07, 6.45) is 3.07. The van der Waals surface area contributed by atoms with Crippen LogP contribution < -0.4 is 10.5 Å². The summed E-state index contributed by atoms with van der Waals surface area (Å²) in [6.45, 7) is 2.26. The molecular formula is C15H18BrN3O2. The van der Waals surface area contributed by atoms with E-state index in [9.17, 15) is 0 Å².